The second-order valence-electron chi connectivity index (χ2n) is 4.81. The minimum atomic E-state index is -0.144. The highest BCUT2D eigenvalue weighted by Gasteiger charge is 2.11. The van der Waals surface area contributed by atoms with Crippen molar-refractivity contribution in [3.05, 3.63) is 52.0 Å². The summed E-state index contributed by atoms with van der Waals surface area (Å²) >= 11 is 13.7. The Balaban J connectivity index is 1.94. The summed E-state index contributed by atoms with van der Waals surface area (Å²) < 4.78 is 10.4. The topological polar surface area (TPSA) is 47.6 Å². The van der Waals surface area contributed by atoms with E-state index in [1.807, 2.05) is 0 Å². The number of carbonyl (C=O) groups excluding carboxylic acids is 1. The fourth-order valence-corrected chi connectivity index (χ4v) is 3.58. The van der Waals surface area contributed by atoms with Gasteiger partial charge in [0.05, 0.1) is 25.7 Å². The van der Waals surface area contributed by atoms with Crippen LogP contribution in [0.1, 0.15) is 5.56 Å². The van der Waals surface area contributed by atoms with Crippen molar-refractivity contribution >= 4 is 46.6 Å². The van der Waals surface area contributed by atoms with E-state index in [2.05, 4.69) is 5.32 Å². The number of methoxy groups -OCH3 is 2. The maximum Gasteiger partial charge on any atom is 0.234 e. The maximum atomic E-state index is 12.1. The van der Waals surface area contributed by atoms with Crippen molar-refractivity contribution in [2.75, 3.05) is 25.3 Å². The first kappa shape index (κ1) is 18.8. The number of halogens is 2. The lowest BCUT2D eigenvalue weighted by molar-refractivity contribution is -0.113. The van der Waals surface area contributed by atoms with Gasteiger partial charge in [0.2, 0.25) is 5.91 Å². The molecule has 0 aliphatic heterocycles. The van der Waals surface area contributed by atoms with Crippen LogP contribution < -0.4 is 14.8 Å². The van der Waals surface area contributed by atoms with Crippen LogP contribution in [0.5, 0.6) is 11.5 Å². The Hall–Kier alpha value is -1.56. The summed E-state index contributed by atoms with van der Waals surface area (Å²) in [6, 6.07) is 10.6. The van der Waals surface area contributed by atoms with Gasteiger partial charge < -0.3 is 14.8 Å². The molecule has 0 unspecified atom stereocenters. The summed E-state index contributed by atoms with van der Waals surface area (Å²) in [4.78, 5) is 12.1. The van der Waals surface area contributed by atoms with E-state index in [0.717, 1.165) is 5.56 Å². The third-order valence-corrected chi connectivity index (χ3v) is 4.89. The van der Waals surface area contributed by atoms with E-state index in [1.54, 1.807) is 50.6 Å². The predicted molar refractivity (Wildman–Crippen MR) is 101 cm³/mol. The van der Waals surface area contributed by atoms with Gasteiger partial charge in [-0.15, -0.1) is 11.8 Å². The number of ether oxygens (including phenoxy) is 2. The number of amides is 1. The molecule has 0 heterocycles. The molecule has 2 aromatic carbocycles. The smallest absolute Gasteiger partial charge is 0.234 e. The number of rotatable bonds is 7. The summed E-state index contributed by atoms with van der Waals surface area (Å²) in [5.41, 5.74) is 1.40. The molecule has 2 aromatic rings. The zero-order valence-electron chi connectivity index (χ0n) is 13.3. The van der Waals surface area contributed by atoms with Gasteiger partial charge in [0.1, 0.15) is 11.5 Å². The average molecular weight is 386 g/mol. The predicted octanol–water partition coefficient (Wildman–Crippen LogP) is 4.88. The average Bonchev–Trinajstić information content (AvgIpc) is 2.57. The van der Waals surface area contributed by atoms with Crippen LogP contribution in [0, 0.1) is 0 Å². The van der Waals surface area contributed by atoms with Gasteiger partial charge in [-0.3, -0.25) is 4.79 Å². The van der Waals surface area contributed by atoms with Crippen molar-refractivity contribution < 1.29 is 14.3 Å². The Morgan fingerprint density at radius 1 is 1.12 bits per heavy atom. The SMILES string of the molecule is COc1ccc(OC)c(NC(=O)CSCc2c(Cl)cccc2Cl)c1. The summed E-state index contributed by atoms with van der Waals surface area (Å²) in [7, 11) is 3.11. The molecule has 0 fully saturated rings. The number of nitrogens with one attached hydrogen (secondary N) is 1. The fourth-order valence-electron chi connectivity index (χ4n) is 2.01. The highest BCUT2D eigenvalue weighted by molar-refractivity contribution is 7.99. The standard InChI is InChI=1S/C17H17Cl2NO3S/c1-22-11-6-7-16(23-2)15(8-11)20-17(21)10-24-9-12-13(18)4-3-5-14(12)19/h3-8H,9-10H2,1-2H3,(H,20,21). The maximum absolute atomic E-state index is 12.1. The molecule has 24 heavy (non-hydrogen) atoms. The molecule has 0 aliphatic carbocycles. The Morgan fingerprint density at radius 3 is 2.46 bits per heavy atom. The molecule has 0 spiro atoms. The van der Waals surface area contributed by atoms with E-state index in [0.29, 0.717) is 33.0 Å². The lowest BCUT2D eigenvalue weighted by atomic mass is 10.2. The highest BCUT2D eigenvalue weighted by atomic mass is 35.5. The van der Waals surface area contributed by atoms with Crippen LogP contribution in [0.25, 0.3) is 0 Å². The van der Waals surface area contributed by atoms with Crippen molar-refractivity contribution in [3.63, 3.8) is 0 Å². The van der Waals surface area contributed by atoms with E-state index >= 15 is 0 Å². The van der Waals surface area contributed by atoms with Gasteiger partial charge in [0.25, 0.3) is 0 Å². The van der Waals surface area contributed by atoms with Crippen LogP contribution in [-0.4, -0.2) is 25.9 Å². The van der Waals surface area contributed by atoms with Crippen molar-refractivity contribution in [3.8, 4) is 11.5 Å². The normalized spacial score (nSPS) is 10.3. The van der Waals surface area contributed by atoms with Crippen LogP contribution in [0.3, 0.4) is 0 Å². The van der Waals surface area contributed by atoms with Crippen molar-refractivity contribution in [2.24, 2.45) is 0 Å². The summed E-state index contributed by atoms with van der Waals surface area (Å²) in [6.07, 6.45) is 0. The zero-order chi connectivity index (χ0) is 17.5. The summed E-state index contributed by atoms with van der Waals surface area (Å²) in [5.74, 6) is 1.89. The molecule has 7 heteroatoms. The van der Waals surface area contributed by atoms with Gasteiger partial charge in [0.15, 0.2) is 0 Å². The van der Waals surface area contributed by atoms with E-state index in [9.17, 15) is 4.79 Å². The molecular formula is C17H17Cl2NO3S. The molecule has 1 N–H and O–H groups in total. The number of hydrogen-bond acceptors (Lipinski definition) is 4. The Morgan fingerprint density at radius 2 is 1.83 bits per heavy atom. The Labute approximate surface area is 155 Å². The van der Waals surface area contributed by atoms with Crippen LogP contribution in [-0.2, 0) is 10.5 Å². The molecule has 1 amide bonds. The Bertz CT molecular complexity index is 705. The van der Waals surface area contributed by atoms with E-state index in [1.165, 1.54) is 11.8 Å². The summed E-state index contributed by atoms with van der Waals surface area (Å²) in [5, 5.41) is 4.02. The minimum Gasteiger partial charge on any atom is -0.497 e. The van der Waals surface area contributed by atoms with Gasteiger partial charge >= 0.3 is 0 Å². The number of thioether (sulfide) groups is 1. The molecule has 0 atom stereocenters. The third kappa shape index (κ3) is 4.97. The van der Waals surface area contributed by atoms with Gasteiger partial charge in [-0.1, -0.05) is 29.3 Å². The van der Waals surface area contributed by atoms with Crippen LogP contribution in [0.4, 0.5) is 5.69 Å². The second kappa shape index (κ2) is 9.06. The molecular weight excluding hydrogens is 369 g/mol. The largest absolute Gasteiger partial charge is 0.497 e. The number of hydrogen-bond donors (Lipinski definition) is 1. The van der Waals surface area contributed by atoms with E-state index < -0.39 is 0 Å². The first-order valence-corrected chi connectivity index (χ1v) is 8.98. The number of carbonyl (C=O) groups is 1. The monoisotopic (exact) mass is 385 g/mol. The van der Waals surface area contributed by atoms with E-state index in [4.69, 9.17) is 32.7 Å². The fraction of sp³-hybridized carbons (Fsp3) is 0.235. The molecule has 0 saturated carbocycles. The zero-order valence-corrected chi connectivity index (χ0v) is 15.6. The summed E-state index contributed by atoms with van der Waals surface area (Å²) in [6.45, 7) is 0. The number of anilines is 1. The third-order valence-electron chi connectivity index (χ3n) is 3.22. The molecule has 0 radical (unpaired) electrons. The Kier molecular flexibility index (Phi) is 7.09. The molecule has 0 saturated heterocycles. The minimum absolute atomic E-state index is 0.144. The van der Waals surface area contributed by atoms with Gasteiger partial charge in [0, 0.05) is 21.9 Å². The molecule has 2 rings (SSSR count). The van der Waals surface area contributed by atoms with Crippen molar-refractivity contribution in [1.29, 1.82) is 0 Å². The molecule has 4 nitrogen and oxygen atoms in total. The highest BCUT2D eigenvalue weighted by Crippen LogP contribution is 2.30. The van der Waals surface area contributed by atoms with Crippen LogP contribution in [0.15, 0.2) is 36.4 Å². The quantitative estimate of drug-likeness (QED) is 0.737. The van der Waals surface area contributed by atoms with Gasteiger partial charge in [-0.2, -0.15) is 0 Å². The van der Waals surface area contributed by atoms with Crippen LogP contribution >= 0.6 is 35.0 Å². The lowest BCUT2D eigenvalue weighted by Gasteiger charge is -2.12. The number of benzene rings is 2. The van der Waals surface area contributed by atoms with Crippen molar-refractivity contribution in [2.45, 2.75) is 5.75 Å². The molecule has 128 valence electrons. The molecule has 0 bridgehead atoms. The lowest BCUT2D eigenvalue weighted by Crippen LogP contribution is -2.15. The van der Waals surface area contributed by atoms with Crippen molar-refractivity contribution in [1.82, 2.24) is 0 Å². The molecule has 0 aromatic heterocycles. The first-order chi connectivity index (χ1) is 11.5. The first-order valence-electron chi connectivity index (χ1n) is 7.07. The second-order valence-corrected chi connectivity index (χ2v) is 6.61. The van der Waals surface area contributed by atoms with Gasteiger partial charge in [-0.25, -0.2) is 0 Å². The van der Waals surface area contributed by atoms with Crippen LogP contribution in [0.2, 0.25) is 10.0 Å². The molecule has 0 aliphatic rings. The van der Waals surface area contributed by atoms with E-state index in [-0.39, 0.29) is 11.7 Å². The van der Waals surface area contributed by atoms with Gasteiger partial charge in [-0.05, 0) is 29.8 Å².